The largest absolute Gasteiger partial charge is 0.497 e. The van der Waals surface area contributed by atoms with Crippen LogP contribution in [0.5, 0.6) is 11.5 Å². The molecule has 0 amide bonds. The van der Waals surface area contributed by atoms with Crippen molar-refractivity contribution in [3.63, 3.8) is 0 Å². The Morgan fingerprint density at radius 2 is 2.17 bits per heavy atom. The second-order valence-corrected chi connectivity index (χ2v) is 7.29. The van der Waals surface area contributed by atoms with Gasteiger partial charge in [-0.1, -0.05) is 6.07 Å². The molecule has 0 radical (unpaired) electrons. The first-order chi connectivity index (χ1) is 14.1. The number of nitriles is 1. The lowest BCUT2D eigenvalue weighted by molar-refractivity contribution is 0.384. The first kappa shape index (κ1) is 19.0. The predicted molar refractivity (Wildman–Crippen MR) is 110 cm³/mol. The highest BCUT2D eigenvalue weighted by Gasteiger charge is 2.39. The molecule has 0 aliphatic carbocycles. The lowest BCUT2D eigenvalue weighted by Gasteiger charge is -2.25. The van der Waals surface area contributed by atoms with Crippen molar-refractivity contribution in [2.75, 3.05) is 32.2 Å². The molecular formula is C21H24N6O2. The van der Waals surface area contributed by atoms with Crippen LogP contribution in [0, 0.1) is 18.3 Å². The van der Waals surface area contributed by atoms with Crippen molar-refractivity contribution in [1.82, 2.24) is 20.3 Å². The van der Waals surface area contributed by atoms with E-state index in [1.54, 1.807) is 20.5 Å². The lowest BCUT2D eigenvalue weighted by Crippen LogP contribution is -2.46. The highest BCUT2D eigenvalue weighted by atomic mass is 16.5. The maximum atomic E-state index is 9.97. The summed E-state index contributed by atoms with van der Waals surface area (Å²) >= 11 is 0. The summed E-state index contributed by atoms with van der Waals surface area (Å²) in [5.41, 5.74) is 2.23. The normalized spacial score (nSPS) is 18.8. The summed E-state index contributed by atoms with van der Waals surface area (Å²) in [5, 5.41) is 14.4. The van der Waals surface area contributed by atoms with Gasteiger partial charge in [-0.15, -0.1) is 0 Å². The van der Waals surface area contributed by atoms with E-state index in [0.717, 1.165) is 46.0 Å². The second kappa shape index (κ2) is 7.60. The molecule has 1 aliphatic rings. The lowest BCUT2D eigenvalue weighted by atomic mass is 10.00. The number of ether oxygens (including phenoxy) is 2. The van der Waals surface area contributed by atoms with Crippen LogP contribution in [0.2, 0.25) is 0 Å². The number of fused-ring (bicyclic) bond motifs is 1. The third kappa shape index (κ3) is 3.45. The van der Waals surface area contributed by atoms with E-state index in [-0.39, 0.29) is 0 Å². The fourth-order valence-electron chi connectivity index (χ4n) is 3.87. The molecular weight excluding hydrogens is 368 g/mol. The maximum absolute atomic E-state index is 9.97. The van der Waals surface area contributed by atoms with Crippen LogP contribution in [0.15, 0.2) is 30.7 Å². The minimum Gasteiger partial charge on any atom is -0.497 e. The van der Waals surface area contributed by atoms with Crippen LogP contribution in [-0.2, 0) is 6.54 Å². The number of aryl methyl sites for hydroxylation is 1. The first-order valence-electron chi connectivity index (χ1n) is 9.50. The summed E-state index contributed by atoms with van der Waals surface area (Å²) in [7, 11) is 3.26. The number of hydrogen-bond donors (Lipinski definition) is 2. The van der Waals surface area contributed by atoms with E-state index in [4.69, 9.17) is 9.47 Å². The summed E-state index contributed by atoms with van der Waals surface area (Å²) in [4.78, 5) is 14.1. The molecule has 8 heteroatoms. The highest BCUT2D eigenvalue weighted by molar-refractivity contribution is 5.90. The standard InChI is InChI=1S/C21H24N6O2/c1-14-9-23-19-18(14)20(25-13-24-19)27-7-6-21(11-22,12-27)26-10-15-4-5-16(28-2)8-17(15)29-3/h4-5,8-9,13,26H,6-7,10,12H2,1-3H3,(H,23,24,25). The van der Waals surface area contributed by atoms with Crippen molar-refractivity contribution < 1.29 is 9.47 Å². The fraction of sp³-hybridized carbons (Fsp3) is 0.381. The fourth-order valence-corrected chi connectivity index (χ4v) is 3.87. The molecule has 8 nitrogen and oxygen atoms in total. The number of nitrogens with one attached hydrogen (secondary N) is 2. The molecule has 4 rings (SSSR count). The molecule has 0 spiro atoms. The molecule has 3 heterocycles. The van der Waals surface area contributed by atoms with Crippen LogP contribution in [0.4, 0.5) is 5.82 Å². The van der Waals surface area contributed by atoms with Crippen LogP contribution < -0.4 is 19.7 Å². The van der Waals surface area contributed by atoms with Gasteiger partial charge in [-0.25, -0.2) is 9.97 Å². The third-order valence-electron chi connectivity index (χ3n) is 5.54. The Kier molecular flexibility index (Phi) is 4.99. The summed E-state index contributed by atoms with van der Waals surface area (Å²) in [5.74, 6) is 2.34. The molecule has 2 N–H and O–H groups in total. The Hall–Kier alpha value is -3.31. The molecule has 2 aromatic heterocycles. The number of H-pyrrole nitrogens is 1. The summed E-state index contributed by atoms with van der Waals surface area (Å²) < 4.78 is 10.7. The Morgan fingerprint density at radius 3 is 2.93 bits per heavy atom. The summed E-state index contributed by atoms with van der Waals surface area (Å²) in [6, 6.07) is 8.20. The van der Waals surface area contributed by atoms with Crippen LogP contribution >= 0.6 is 0 Å². The number of nitrogens with zero attached hydrogens (tertiary/aromatic N) is 4. The van der Waals surface area contributed by atoms with E-state index in [2.05, 4.69) is 31.2 Å². The molecule has 3 aromatic rings. The Bertz CT molecular complexity index is 1070. The number of benzene rings is 1. The minimum absolute atomic E-state index is 0.525. The van der Waals surface area contributed by atoms with Gasteiger partial charge in [0.05, 0.1) is 32.2 Å². The molecule has 1 aromatic carbocycles. The topological polar surface area (TPSA) is 99.1 Å². The zero-order valence-electron chi connectivity index (χ0n) is 16.8. The Balaban J connectivity index is 1.54. The third-order valence-corrected chi connectivity index (χ3v) is 5.54. The van der Waals surface area contributed by atoms with Gasteiger partial charge in [-0.05, 0) is 25.0 Å². The average Bonchev–Trinajstić information content (AvgIpc) is 3.37. The molecule has 1 atom stereocenters. The summed E-state index contributed by atoms with van der Waals surface area (Å²) in [6.45, 7) is 3.86. The molecule has 29 heavy (non-hydrogen) atoms. The van der Waals surface area contributed by atoms with E-state index in [1.807, 2.05) is 31.3 Å². The molecule has 1 unspecified atom stereocenters. The number of aromatic nitrogens is 3. The Labute approximate surface area is 169 Å². The van der Waals surface area contributed by atoms with E-state index in [0.29, 0.717) is 19.5 Å². The smallest absolute Gasteiger partial charge is 0.143 e. The van der Waals surface area contributed by atoms with Crippen molar-refractivity contribution in [2.45, 2.75) is 25.4 Å². The van der Waals surface area contributed by atoms with E-state index in [9.17, 15) is 5.26 Å². The van der Waals surface area contributed by atoms with Crippen molar-refractivity contribution in [2.24, 2.45) is 0 Å². The predicted octanol–water partition coefficient (Wildman–Crippen LogP) is 2.55. The van der Waals surface area contributed by atoms with E-state index in [1.165, 1.54) is 0 Å². The first-order valence-corrected chi connectivity index (χ1v) is 9.50. The van der Waals surface area contributed by atoms with Crippen molar-refractivity contribution in [3.8, 4) is 17.6 Å². The zero-order valence-corrected chi connectivity index (χ0v) is 16.8. The Morgan fingerprint density at radius 1 is 1.31 bits per heavy atom. The van der Waals surface area contributed by atoms with Crippen LogP contribution in [0.1, 0.15) is 17.5 Å². The van der Waals surface area contributed by atoms with Gasteiger partial charge in [-0.3, -0.25) is 5.32 Å². The van der Waals surface area contributed by atoms with E-state index >= 15 is 0 Å². The van der Waals surface area contributed by atoms with Crippen LogP contribution in [0.3, 0.4) is 0 Å². The number of hydrogen-bond acceptors (Lipinski definition) is 7. The van der Waals surface area contributed by atoms with Gasteiger partial charge in [0.1, 0.15) is 34.8 Å². The van der Waals surface area contributed by atoms with Gasteiger partial charge in [0.2, 0.25) is 0 Å². The molecule has 0 saturated carbocycles. The van der Waals surface area contributed by atoms with Crippen molar-refractivity contribution in [3.05, 3.63) is 41.9 Å². The number of anilines is 1. The van der Waals surface area contributed by atoms with Gasteiger partial charge in [0.25, 0.3) is 0 Å². The number of aromatic amines is 1. The van der Waals surface area contributed by atoms with E-state index < -0.39 is 5.54 Å². The zero-order chi connectivity index (χ0) is 20.4. The number of rotatable bonds is 6. The number of methoxy groups -OCH3 is 2. The maximum Gasteiger partial charge on any atom is 0.143 e. The van der Waals surface area contributed by atoms with Gasteiger partial charge >= 0.3 is 0 Å². The second-order valence-electron chi connectivity index (χ2n) is 7.29. The minimum atomic E-state index is -0.660. The van der Waals surface area contributed by atoms with Crippen molar-refractivity contribution >= 4 is 16.9 Å². The van der Waals surface area contributed by atoms with Crippen LogP contribution in [0.25, 0.3) is 11.0 Å². The SMILES string of the molecule is COc1ccc(CNC2(C#N)CCN(c3ncnc4[nH]cc(C)c34)C2)c(OC)c1. The highest BCUT2D eigenvalue weighted by Crippen LogP contribution is 2.32. The summed E-state index contributed by atoms with van der Waals surface area (Å²) in [6.07, 6.45) is 4.21. The average molecular weight is 392 g/mol. The van der Waals surface area contributed by atoms with Gasteiger partial charge in [-0.2, -0.15) is 5.26 Å². The van der Waals surface area contributed by atoms with Gasteiger partial charge < -0.3 is 19.4 Å². The molecule has 0 bridgehead atoms. The monoisotopic (exact) mass is 392 g/mol. The quantitative estimate of drug-likeness (QED) is 0.665. The van der Waals surface area contributed by atoms with Crippen molar-refractivity contribution in [1.29, 1.82) is 5.26 Å². The molecule has 1 fully saturated rings. The van der Waals surface area contributed by atoms with Crippen LogP contribution in [-0.4, -0.2) is 47.8 Å². The van der Waals surface area contributed by atoms with Gasteiger partial charge in [0.15, 0.2) is 0 Å². The molecule has 150 valence electrons. The molecule has 1 saturated heterocycles. The molecule has 1 aliphatic heterocycles. The van der Waals surface area contributed by atoms with Gasteiger partial charge in [0, 0.05) is 30.9 Å².